The van der Waals surface area contributed by atoms with Crippen molar-refractivity contribution in [3.05, 3.63) is 31.9 Å². The molecule has 0 unspecified atom stereocenters. The topological polar surface area (TPSA) is 66.6 Å². The molecule has 1 aromatic carbocycles. The maximum atomic E-state index is 11.0. The van der Waals surface area contributed by atoms with E-state index in [1.807, 2.05) is 18.0 Å². The Labute approximate surface area is 119 Å². The molecule has 1 saturated carbocycles. The lowest BCUT2D eigenvalue weighted by Crippen LogP contribution is -2.37. The number of rotatable bonds is 4. The second-order valence-corrected chi connectivity index (χ2v) is 6.01. The molecule has 1 aromatic rings. The highest BCUT2D eigenvalue weighted by molar-refractivity contribution is 14.1. The quantitative estimate of drug-likeness (QED) is 0.508. The van der Waals surface area contributed by atoms with Gasteiger partial charge in [0.05, 0.1) is 11.0 Å². The zero-order valence-corrected chi connectivity index (χ0v) is 12.2. The SMILES string of the molecule is CN(CC1CC(O)C1)c1ccc(I)cc1[N+](=O)[O-]. The van der Waals surface area contributed by atoms with E-state index in [9.17, 15) is 15.2 Å². The smallest absolute Gasteiger partial charge is 0.293 e. The number of anilines is 1. The van der Waals surface area contributed by atoms with Crippen molar-refractivity contribution in [3.8, 4) is 0 Å². The Morgan fingerprint density at radius 1 is 1.56 bits per heavy atom. The highest BCUT2D eigenvalue weighted by atomic mass is 127. The van der Waals surface area contributed by atoms with Crippen LogP contribution in [0, 0.1) is 19.6 Å². The van der Waals surface area contributed by atoms with Gasteiger partial charge in [0.25, 0.3) is 5.69 Å². The van der Waals surface area contributed by atoms with Crippen LogP contribution in [0.15, 0.2) is 18.2 Å². The summed E-state index contributed by atoms with van der Waals surface area (Å²) in [5, 5.41) is 20.3. The zero-order valence-electron chi connectivity index (χ0n) is 10.0. The molecule has 1 aliphatic carbocycles. The molecule has 2 rings (SSSR count). The second kappa shape index (κ2) is 5.40. The average molecular weight is 362 g/mol. The molecule has 0 heterocycles. The van der Waals surface area contributed by atoms with Crippen molar-refractivity contribution < 1.29 is 10.0 Å². The maximum Gasteiger partial charge on any atom is 0.293 e. The van der Waals surface area contributed by atoms with E-state index < -0.39 is 0 Å². The van der Waals surface area contributed by atoms with Crippen LogP contribution in [0.5, 0.6) is 0 Å². The molecule has 98 valence electrons. The van der Waals surface area contributed by atoms with Gasteiger partial charge in [-0.05, 0) is 53.5 Å². The molecular formula is C12H15IN2O3. The minimum absolute atomic E-state index is 0.143. The number of nitro benzene ring substituents is 1. The monoisotopic (exact) mass is 362 g/mol. The van der Waals surface area contributed by atoms with Gasteiger partial charge < -0.3 is 10.0 Å². The van der Waals surface area contributed by atoms with Crippen LogP contribution in [0.3, 0.4) is 0 Å². The second-order valence-electron chi connectivity index (χ2n) is 4.76. The van der Waals surface area contributed by atoms with E-state index in [2.05, 4.69) is 22.6 Å². The van der Waals surface area contributed by atoms with Crippen molar-refractivity contribution in [1.82, 2.24) is 0 Å². The first kappa shape index (κ1) is 13.5. The Hall–Kier alpha value is -0.890. The number of hydrogen-bond donors (Lipinski definition) is 1. The van der Waals surface area contributed by atoms with Crippen molar-refractivity contribution in [1.29, 1.82) is 0 Å². The van der Waals surface area contributed by atoms with Crippen LogP contribution >= 0.6 is 22.6 Å². The summed E-state index contributed by atoms with van der Waals surface area (Å²) >= 11 is 2.07. The summed E-state index contributed by atoms with van der Waals surface area (Å²) in [4.78, 5) is 12.6. The van der Waals surface area contributed by atoms with E-state index in [1.165, 1.54) is 0 Å². The molecular weight excluding hydrogens is 347 g/mol. The summed E-state index contributed by atoms with van der Waals surface area (Å²) in [5.74, 6) is 0.434. The third-order valence-electron chi connectivity index (χ3n) is 3.29. The van der Waals surface area contributed by atoms with Crippen LogP contribution < -0.4 is 4.90 Å². The summed E-state index contributed by atoms with van der Waals surface area (Å²) in [5.41, 5.74) is 0.783. The van der Waals surface area contributed by atoms with Gasteiger partial charge in [0, 0.05) is 23.2 Å². The fraction of sp³-hybridized carbons (Fsp3) is 0.500. The summed E-state index contributed by atoms with van der Waals surface area (Å²) < 4.78 is 0.857. The number of aliphatic hydroxyl groups excluding tert-OH is 1. The van der Waals surface area contributed by atoms with E-state index >= 15 is 0 Å². The molecule has 1 aliphatic rings. The number of aliphatic hydroxyl groups is 1. The van der Waals surface area contributed by atoms with Crippen LogP contribution in [0.4, 0.5) is 11.4 Å². The molecule has 18 heavy (non-hydrogen) atoms. The predicted octanol–water partition coefficient (Wildman–Crippen LogP) is 2.41. The lowest BCUT2D eigenvalue weighted by molar-refractivity contribution is -0.384. The largest absolute Gasteiger partial charge is 0.393 e. The molecule has 0 aromatic heterocycles. The van der Waals surface area contributed by atoms with Gasteiger partial charge >= 0.3 is 0 Å². The van der Waals surface area contributed by atoms with Crippen molar-refractivity contribution in [2.24, 2.45) is 5.92 Å². The highest BCUT2D eigenvalue weighted by Gasteiger charge is 2.29. The molecule has 0 bridgehead atoms. The lowest BCUT2D eigenvalue weighted by atomic mass is 9.82. The predicted molar refractivity (Wildman–Crippen MR) is 77.8 cm³/mol. The molecule has 1 fully saturated rings. The van der Waals surface area contributed by atoms with Crippen molar-refractivity contribution in [2.45, 2.75) is 18.9 Å². The first-order valence-corrected chi connectivity index (χ1v) is 6.88. The number of hydrogen-bond acceptors (Lipinski definition) is 4. The van der Waals surface area contributed by atoms with E-state index in [0.717, 1.165) is 23.0 Å². The van der Waals surface area contributed by atoms with Gasteiger partial charge in [0.2, 0.25) is 0 Å². The van der Waals surface area contributed by atoms with Crippen molar-refractivity contribution in [3.63, 3.8) is 0 Å². The Morgan fingerprint density at radius 3 is 2.78 bits per heavy atom. The van der Waals surface area contributed by atoms with Crippen LogP contribution in [0.2, 0.25) is 0 Å². The van der Waals surface area contributed by atoms with Crippen LogP contribution in [0.25, 0.3) is 0 Å². The van der Waals surface area contributed by atoms with Gasteiger partial charge in [-0.2, -0.15) is 0 Å². The van der Waals surface area contributed by atoms with E-state index in [1.54, 1.807) is 12.1 Å². The van der Waals surface area contributed by atoms with Gasteiger partial charge in [0.15, 0.2) is 0 Å². The van der Waals surface area contributed by atoms with E-state index in [-0.39, 0.29) is 16.7 Å². The molecule has 0 radical (unpaired) electrons. The van der Waals surface area contributed by atoms with Gasteiger partial charge in [-0.25, -0.2) is 0 Å². The van der Waals surface area contributed by atoms with E-state index in [4.69, 9.17) is 0 Å². The molecule has 0 amide bonds. The summed E-state index contributed by atoms with van der Waals surface area (Å²) in [6.45, 7) is 0.749. The average Bonchev–Trinajstić information content (AvgIpc) is 2.26. The Balaban J connectivity index is 2.13. The van der Waals surface area contributed by atoms with Crippen LogP contribution in [0.1, 0.15) is 12.8 Å². The number of nitro groups is 1. The summed E-state index contributed by atoms with van der Waals surface area (Å²) in [6, 6.07) is 5.24. The molecule has 1 N–H and O–H groups in total. The molecule has 0 spiro atoms. The number of benzene rings is 1. The lowest BCUT2D eigenvalue weighted by Gasteiger charge is -2.35. The number of nitrogens with zero attached hydrogens (tertiary/aromatic N) is 2. The fourth-order valence-electron chi connectivity index (χ4n) is 2.30. The Morgan fingerprint density at radius 2 is 2.22 bits per heavy atom. The molecule has 5 nitrogen and oxygen atoms in total. The maximum absolute atomic E-state index is 11.0. The molecule has 6 heteroatoms. The number of halogens is 1. The zero-order chi connectivity index (χ0) is 13.3. The van der Waals surface area contributed by atoms with Crippen molar-refractivity contribution in [2.75, 3.05) is 18.5 Å². The summed E-state index contributed by atoms with van der Waals surface area (Å²) in [6.07, 6.45) is 1.40. The van der Waals surface area contributed by atoms with E-state index in [0.29, 0.717) is 11.6 Å². The minimum Gasteiger partial charge on any atom is -0.393 e. The summed E-state index contributed by atoms with van der Waals surface area (Å²) in [7, 11) is 1.86. The van der Waals surface area contributed by atoms with Crippen molar-refractivity contribution >= 4 is 34.0 Å². The highest BCUT2D eigenvalue weighted by Crippen LogP contribution is 2.33. The van der Waals surface area contributed by atoms with Gasteiger partial charge in [-0.15, -0.1) is 0 Å². The Kier molecular flexibility index (Phi) is 4.06. The first-order valence-electron chi connectivity index (χ1n) is 5.80. The normalized spacial score (nSPS) is 22.4. The standard InChI is InChI=1S/C12H15IN2O3/c1-14(7-8-4-10(16)5-8)11-3-2-9(13)6-12(11)15(17)18/h2-3,6,8,10,16H,4-5,7H2,1H3. The molecule has 0 aliphatic heterocycles. The fourth-order valence-corrected chi connectivity index (χ4v) is 2.78. The molecule has 0 atom stereocenters. The van der Waals surface area contributed by atoms with Gasteiger partial charge in [-0.1, -0.05) is 0 Å². The third kappa shape index (κ3) is 2.92. The first-order chi connectivity index (χ1) is 8.47. The van der Waals surface area contributed by atoms with Crippen LogP contribution in [-0.4, -0.2) is 29.7 Å². The minimum atomic E-state index is -0.344. The Bertz CT molecular complexity index is 461. The third-order valence-corrected chi connectivity index (χ3v) is 3.96. The van der Waals surface area contributed by atoms with Crippen LogP contribution in [-0.2, 0) is 0 Å². The molecule has 0 saturated heterocycles. The van der Waals surface area contributed by atoms with Gasteiger partial charge in [-0.3, -0.25) is 10.1 Å². The van der Waals surface area contributed by atoms with Gasteiger partial charge in [0.1, 0.15) is 5.69 Å².